The average molecular weight is 227 g/mol. The van der Waals surface area contributed by atoms with Crippen LogP contribution < -0.4 is 0 Å². The number of nitrogens with one attached hydrogen (secondary N) is 1. The van der Waals surface area contributed by atoms with E-state index < -0.39 is 0 Å². The predicted octanol–water partition coefficient (Wildman–Crippen LogP) is 2.05. The molecule has 5 heteroatoms. The van der Waals surface area contributed by atoms with Crippen molar-refractivity contribution >= 4 is 23.9 Å². The second-order valence-corrected chi connectivity index (χ2v) is 5.81. The smallest absolute Gasteiger partial charge is 0.103 e. The molecular formula is C9H13N3S2. The van der Waals surface area contributed by atoms with E-state index in [1.807, 2.05) is 30.1 Å². The predicted molar refractivity (Wildman–Crippen MR) is 60.3 cm³/mol. The largest absolute Gasteiger partial charge is 0.354 e. The highest BCUT2D eigenvalue weighted by molar-refractivity contribution is 8.00. The van der Waals surface area contributed by atoms with Gasteiger partial charge >= 0.3 is 0 Å². The van der Waals surface area contributed by atoms with Gasteiger partial charge in [0.1, 0.15) is 5.03 Å². The molecule has 0 radical (unpaired) electrons. The van der Waals surface area contributed by atoms with Crippen molar-refractivity contribution in [3.8, 4) is 0 Å². The minimum Gasteiger partial charge on any atom is -0.354 e. The standard InChI is InChI=1S/C9H13N3S2/c1-4-11(5-1)14-9-8(2-3-10-9)13-12-6-7-12/h2-3,10H,1,4-7H2. The molecule has 1 aromatic heterocycles. The van der Waals surface area contributed by atoms with Crippen LogP contribution in [0.25, 0.3) is 0 Å². The molecule has 3 nitrogen and oxygen atoms in total. The van der Waals surface area contributed by atoms with E-state index in [0.29, 0.717) is 0 Å². The molecule has 2 aliphatic rings. The maximum atomic E-state index is 3.31. The zero-order chi connectivity index (χ0) is 9.38. The summed E-state index contributed by atoms with van der Waals surface area (Å²) in [6.07, 6.45) is 3.39. The minimum absolute atomic E-state index is 1.23. The van der Waals surface area contributed by atoms with Crippen LogP contribution in [0.15, 0.2) is 22.2 Å². The summed E-state index contributed by atoms with van der Waals surface area (Å²) >= 11 is 3.74. The molecule has 1 aromatic rings. The highest BCUT2D eigenvalue weighted by Gasteiger charge is 2.22. The van der Waals surface area contributed by atoms with Crippen molar-refractivity contribution in [1.29, 1.82) is 0 Å². The molecule has 2 aliphatic heterocycles. The van der Waals surface area contributed by atoms with Crippen LogP contribution in [0.1, 0.15) is 6.42 Å². The summed E-state index contributed by atoms with van der Waals surface area (Å²) in [4.78, 5) is 4.69. The summed E-state index contributed by atoms with van der Waals surface area (Å²) in [5, 5.41) is 1.31. The Kier molecular flexibility index (Phi) is 2.49. The maximum Gasteiger partial charge on any atom is 0.103 e. The SMILES string of the molecule is c1cc(SN2CC2)c(SN2CCC2)[nH]1. The molecule has 0 unspecified atom stereocenters. The average Bonchev–Trinajstić information content (AvgIpc) is 2.79. The maximum absolute atomic E-state index is 3.31. The number of rotatable bonds is 4. The van der Waals surface area contributed by atoms with Crippen molar-refractivity contribution in [2.45, 2.75) is 16.3 Å². The van der Waals surface area contributed by atoms with Crippen molar-refractivity contribution in [2.75, 3.05) is 26.2 Å². The number of hydrogen-bond donors (Lipinski definition) is 1. The summed E-state index contributed by atoms with van der Waals surface area (Å²) in [5.74, 6) is 0. The summed E-state index contributed by atoms with van der Waals surface area (Å²) in [6, 6.07) is 2.17. The van der Waals surface area contributed by atoms with Gasteiger partial charge < -0.3 is 4.98 Å². The van der Waals surface area contributed by atoms with Crippen molar-refractivity contribution in [2.24, 2.45) is 0 Å². The summed E-state index contributed by atoms with van der Waals surface area (Å²) in [6.45, 7) is 4.95. The Morgan fingerprint density at radius 1 is 1.07 bits per heavy atom. The van der Waals surface area contributed by atoms with Crippen molar-refractivity contribution < 1.29 is 0 Å². The summed E-state index contributed by atoms with van der Waals surface area (Å²) < 4.78 is 4.77. The van der Waals surface area contributed by atoms with Crippen LogP contribution in [-0.2, 0) is 0 Å². The summed E-state index contributed by atoms with van der Waals surface area (Å²) in [5.41, 5.74) is 0. The van der Waals surface area contributed by atoms with Crippen molar-refractivity contribution in [3.05, 3.63) is 12.3 Å². The van der Waals surface area contributed by atoms with Crippen LogP contribution in [-0.4, -0.2) is 39.8 Å². The molecule has 0 aromatic carbocycles. The van der Waals surface area contributed by atoms with E-state index in [1.54, 1.807) is 0 Å². The Hall–Kier alpha value is -0.100. The normalized spacial score (nSPS) is 22.3. The number of H-pyrrole nitrogens is 1. The van der Waals surface area contributed by atoms with E-state index >= 15 is 0 Å². The van der Waals surface area contributed by atoms with Crippen LogP contribution >= 0.6 is 23.9 Å². The van der Waals surface area contributed by atoms with Crippen LogP contribution in [0.4, 0.5) is 0 Å². The number of hydrogen-bond acceptors (Lipinski definition) is 4. The first kappa shape index (κ1) is 9.15. The van der Waals surface area contributed by atoms with E-state index in [4.69, 9.17) is 0 Å². The zero-order valence-corrected chi connectivity index (χ0v) is 9.53. The lowest BCUT2D eigenvalue weighted by molar-refractivity contribution is 0.343. The van der Waals surface area contributed by atoms with Gasteiger partial charge in [-0.15, -0.1) is 0 Å². The lowest BCUT2D eigenvalue weighted by Gasteiger charge is -2.28. The quantitative estimate of drug-likeness (QED) is 0.628. The van der Waals surface area contributed by atoms with Crippen LogP contribution in [0.3, 0.4) is 0 Å². The molecule has 3 rings (SSSR count). The highest BCUT2D eigenvalue weighted by Crippen LogP contribution is 2.37. The molecule has 14 heavy (non-hydrogen) atoms. The lowest BCUT2D eigenvalue weighted by Crippen LogP contribution is -2.30. The van der Waals surface area contributed by atoms with Gasteiger partial charge in [-0.1, -0.05) is 0 Å². The van der Waals surface area contributed by atoms with E-state index in [-0.39, 0.29) is 0 Å². The molecule has 3 heterocycles. The Balaban J connectivity index is 1.65. The molecule has 76 valence electrons. The molecule has 0 bridgehead atoms. The van der Waals surface area contributed by atoms with Gasteiger partial charge in [-0.05, 0) is 36.4 Å². The summed E-state index contributed by atoms with van der Waals surface area (Å²) in [7, 11) is 0. The third-order valence-electron chi connectivity index (χ3n) is 2.34. The van der Waals surface area contributed by atoms with Gasteiger partial charge in [0, 0.05) is 32.4 Å². The van der Waals surface area contributed by atoms with Crippen LogP contribution in [0.5, 0.6) is 0 Å². The first-order valence-corrected chi connectivity index (χ1v) is 6.50. The molecule has 0 atom stereocenters. The second-order valence-electron chi connectivity index (χ2n) is 3.57. The third kappa shape index (κ3) is 1.95. The number of nitrogens with zero attached hydrogens (tertiary/aromatic N) is 2. The Morgan fingerprint density at radius 2 is 1.86 bits per heavy atom. The number of aromatic amines is 1. The monoisotopic (exact) mass is 227 g/mol. The molecule has 0 aliphatic carbocycles. The van der Waals surface area contributed by atoms with Gasteiger partial charge in [0.15, 0.2) is 0 Å². The van der Waals surface area contributed by atoms with E-state index in [0.717, 1.165) is 0 Å². The minimum atomic E-state index is 1.23. The van der Waals surface area contributed by atoms with Crippen LogP contribution in [0, 0.1) is 0 Å². The van der Waals surface area contributed by atoms with Gasteiger partial charge in [0.2, 0.25) is 0 Å². The van der Waals surface area contributed by atoms with Crippen molar-refractivity contribution in [1.82, 2.24) is 13.6 Å². The fourth-order valence-corrected chi connectivity index (χ4v) is 3.28. The third-order valence-corrected chi connectivity index (χ3v) is 4.78. The van der Waals surface area contributed by atoms with E-state index in [1.165, 1.54) is 42.5 Å². The molecule has 1 N–H and O–H groups in total. The molecule has 0 saturated carbocycles. The molecule has 2 fully saturated rings. The Labute approximate surface area is 92.5 Å². The second kappa shape index (κ2) is 3.81. The van der Waals surface area contributed by atoms with Gasteiger partial charge in [-0.2, -0.15) is 0 Å². The van der Waals surface area contributed by atoms with Gasteiger partial charge in [-0.3, -0.25) is 0 Å². The lowest BCUT2D eigenvalue weighted by atomic mass is 10.3. The first-order valence-electron chi connectivity index (χ1n) is 4.95. The topological polar surface area (TPSA) is 22.0 Å². The molecule has 0 amide bonds. The van der Waals surface area contributed by atoms with Gasteiger partial charge in [0.25, 0.3) is 0 Å². The number of aromatic nitrogens is 1. The van der Waals surface area contributed by atoms with Crippen molar-refractivity contribution in [3.63, 3.8) is 0 Å². The van der Waals surface area contributed by atoms with E-state index in [9.17, 15) is 0 Å². The van der Waals surface area contributed by atoms with Gasteiger partial charge in [-0.25, -0.2) is 8.61 Å². The molecule has 2 saturated heterocycles. The fraction of sp³-hybridized carbons (Fsp3) is 0.556. The van der Waals surface area contributed by atoms with E-state index in [2.05, 4.69) is 19.7 Å². The zero-order valence-electron chi connectivity index (χ0n) is 7.90. The Morgan fingerprint density at radius 3 is 2.50 bits per heavy atom. The first-order chi connectivity index (χ1) is 6.92. The van der Waals surface area contributed by atoms with Gasteiger partial charge in [0.05, 0.1) is 4.90 Å². The van der Waals surface area contributed by atoms with Crippen LogP contribution in [0.2, 0.25) is 0 Å². The fourth-order valence-electron chi connectivity index (χ4n) is 1.26. The Bertz CT molecular complexity index is 318. The molecule has 0 spiro atoms. The molecular weight excluding hydrogens is 214 g/mol. The highest BCUT2D eigenvalue weighted by atomic mass is 32.2.